The van der Waals surface area contributed by atoms with Gasteiger partial charge < -0.3 is 24.6 Å². The lowest BCUT2D eigenvalue weighted by Gasteiger charge is -2.38. The van der Waals surface area contributed by atoms with Gasteiger partial charge in [-0.05, 0) is 51.2 Å². The van der Waals surface area contributed by atoms with Gasteiger partial charge >= 0.3 is 6.18 Å². The summed E-state index contributed by atoms with van der Waals surface area (Å²) in [5, 5.41) is 8.15. The van der Waals surface area contributed by atoms with E-state index in [-0.39, 0.29) is 51.1 Å². The largest absolute Gasteiger partial charge is 0.433 e. The van der Waals surface area contributed by atoms with E-state index < -0.39 is 17.8 Å². The van der Waals surface area contributed by atoms with Crippen LogP contribution in [0.4, 0.5) is 18.9 Å². The van der Waals surface area contributed by atoms with Crippen LogP contribution in [0.25, 0.3) is 11.3 Å². The van der Waals surface area contributed by atoms with E-state index in [4.69, 9.17) is 11.6 Å². The lowest BCUT2D eigenvalue weighted by molar-refractivity contribution is -0.140. The second-order valence-electron chi connectivity index (χ2n) is 10.5. The molecule has 0 bridgehead atoms. The van der Waals surface area contributed by atoms with E-state index in [2.05, 4.69) is 27.3 Å². The normalized spacial score (nSPS) is 17.0. The van der Waals surface area contributed by atoms with E-state index in [1.54, 1.807) is 4.90 Å². The molecule has 2 fully saturated rings. The third-order valence-corrected chi connectivity index (χ3v) is 8.11. The zero-order valence-electron chi connectivity index (χ0n) is 23.0. The van der Waals surface area contributed by atoms with Gasteiger partial charge in [0.25, 0.3) is 11.8 Å². The topological polar surface area (TPSA) is 119 Å². The number of aromatic nitrogens is 4. The number of imidazole rings is 1. The number of halogens is 4. The highest BCUT2D eigenvalue weighted by Gasteiger charge is 2.37. The molecule has 42 heavy (non-hydrogen) atoms. The number of benzene rings is 1. The average molecular weight is 607 g/mol. The van der Waals surface area contributed by atoms with Crippen molar-refractivity contribution in [2.75, 3.05) is 51.6 Å². The Bertz CT molecular complexity index is 1490. The van der Waals surface area contributed by atoms with Gasteiger partial charge in [0.2, 0.25) is 5.91 Å². The number of nitrogens with zero attached hydrogens (tertiary/aromatic N) is 6. The summed E-state index contributed by atoms with van der Waals surface area (Å²) in [6, 6.07) is 4.44. The molecule has 2 aliphatic rings. The van der Waals surface area contributed by atoms with E-state index in [1.165, 1.54) is 29.8 Å². The Kier molecular flexibility index (Phi) is 8.28. The second-order valence-corrected chi connectivity index (χ2v) is 10.9. The molecule has 0 unspecified atom stereocenters. The fraction of sp³-hybridized carbons (Fsp3) is 0.444. The first-order valence-electron chi connectivity index (χ1n) is 13.4. The van der Waals surface area contributed by atoms with Crippen LogP contribution in [-0.4, -0.2) is 98.5 Å². The zero-order valence-corrected chi connectivity index (χ0v) is 23.8. The van der Waals surface area contributed by atoms with Gasteiger partial charge in [0.05, 0.1) is 34.2 Å². The SMILES string of the molecule is CN1CCC(C(=O)N2CCN(C(=O)c3ccc(NC(=O)c4ncc(-c5cn[nH]c5C(F)(F)F)n4C)cc3Cl)CC2)CC1. The first kappa shape index (κ1) is 29.6. The number of likely N-dealkylation sites (tertiary alicyclic amines) is 1. The molecule has 0 radical (unpaired) electrons. The molecule has 2 aliphatic heterocycles. The molecule has 0 spiro atoms. The fourth-order valence-electron chi connectivity index (χ4n) is 5.33. The number of anilines is 1. The van der Waals surface area contributed by atoms with Crippen LogP contribution >= 0.6 is 11.6 Å². The highest BCUT2D eigenvalue weighted by atomic mass is 35.5. The molecule has 4 heterocycles. The van der Waals surface area contributed by atoms with E-state index in [9.17, 15) is 27.6 Å². The zero-order chi connectivity index (χ0) is 30.2. The molecular formula is C27H30ClF3N8O3. The first-order chi connectivity index (χ1) is 19.9. The number of hydrogen-bond donors (Lipinski definition) is 2. The molecule has 15 heteroatoms. The number of H-pyrrole nitrogens is 1. The number of piperazine rings is 1. The van der Waals surface area contributed by atoms with Crippen LogP contribution in [0.3, 0.4) is 0 Å². The molecule has 1 aromatic carbocycles. The van der Waals surface area contributed by atoms with Crippen molar-refractivity contribution in [1.82, 2.24) is 34.4 Å². The number of amides is 3. The minimum Gasteiger partial charge on any atom is -0.339 e. The first-order valence-corrected chi connectivity index (χ1v) is 13.8. The summed E-state index contributed by atoms with van der Waals surface area (Å²) in [6.45, 7) is 3.50. The fourth-order valence-corrected chi connectivity index (χ4v) is 5.60. The number of hydrogen-bond acceptors (Lipinski definition) is 6. The van der Waals surface area contributed by atoms with Crippen molar-refractivity contribution in [3.8, 4) is 11.3 Å². The summed E-state index contributed by atoms with van der Waals surface area (Å²) in [6.07, 6.45) is -0.795. The Morgan fingerprint density at radius 2 is 1.67 bits per heavy atom. The molecule has 11 nitrogen and oxygen atoms in total. The number of piperidine rings is 1. The maximum absolute atomic E-state index is 13.3. The minimum atomic E-state index is -4.66. The summed E-state index contributed by atoms with van der Waals surface area (Å²) >= 11 is 6.42. The number of carbonyl (C=O) groups excluding carboxylic acids is 3. The Balaban J connectivity index is 1.20. The number of alkyl halides is 3. The maximum Gasteiger partial charge on any atom is 0.433 e. The third kappa shape index (κ3) is 6.00. The van der Waals surface area contributed by atoms with E-state index in [1.807, 2.05) is 10.00 Å². The van der Waals surface area contributed by atoms with Crippen LogP contribution < -0.4 is 5.32 Å². The van der Waals surface area contributed by atoms with Crippen molar-refractivity contribution in [2.24, 2.45) is 13.0 Å². The van der Waals surface area contributed by atoms with Crippen LogP contribution in [0.5, 0.6) is 0 Å². The monoisotopic (exact) mass is 606 g/mol. The van der Waals surface area contributed by atoms with Crippen LogP contribution in [0.15, 0.2) is 30.6 Å². The molecule has 3 aromatic rings. The number of carbonyl (C=O) groups is 3. The van der Waals surface area contributed by atoms with Crippen LogP contribution in [0.1, 0.15) is 39.5 Å². The molecule has 224 valence electrons. The lowest BCUT2D eigenvalue weighted by atomic mass is 9.95. The minimum absolute atomic E-state index is 0.0287. The predicted octanol–water partition coefficient (Wildman–Crippen LogP) is 3.36. The van der Waals surface area contributed by atoms with Crippen molar-refractivity contribution >= 4 is 35.0 Å². The summed E-state index contributed by atoms with van der Waals surface area (Å²) in [7, 11) is 3.47. The molecule has 2 aromatic heterocycles. The van der Waals surface area contributed by atoms with E-state index in [0.29, 0.717) is 26.2 Å². The molecule has 2 N–H and O–H groups in total. The highest BCUT2D eigenvalue weighted by Crippen LogP contribution is 2.35. The number of rotatable bonds is 5. The summed E-state index contributed by atoms with van der Waals surface area (Å²) in [5.41, 5.74) is -0.708. The quantitative estimate of drug-likeness (QED) is 0.460. The van der Waals surface area contributed by atoms with Crippen LogP contribution in [-0.2, 0) is 18.0 Å². The molecule has 0 atom stereocenters. The molecular weight excluding hydrogens is 577 g/mol. The maximum atomic E-state index is 13.3. The van der Waals surface area contributed by atoms with Gasteiger partial charge in [0.1, 0.15) is 5.69 Å². The van der Waals surface area contributed by atoms with Crippen molar-refractivity contribution < 1.29 is 27.6 Å². The average Bonchev–Trinajstić information content (AvgIpc) is 3.60. The second kappa shape index (κ2) is 11.8. The molecule has 2 saturated heterocycles. The molecule has 0 aliphatic carbocycles. The summed E-state index contributed by atoms with van der Waals surface area (Å²) in [4.78, 5) is 48.7. The van der Waals surface area contributed by atoms with Gasteiger partial charge in [-0.1, -0.05) is 11.6 Å². The standard InChI is InChI=1S/C27H30ClF3N8O3/c1-36-7-5-16(6-8-36)25(41)38-9-11-39(12-10-38)26(42)18-4-3-17(13-20(18)28)34-24(40)23-32-15-21(37(23)2)19-14-33-35-22(19)27(29,30)31/h3-4,13-16H,5-12H2,1-2H3,(H,33,35)(H,34,40). The highest BCUT2D eigenvalue weighted by molar-refractivity contribution is 6.34. The van der Waals surface area contributed by atoms with Gasteiger partial charge in [0, 0.05) is 44.8 Å². The Labute approximate surface area is 244 Å². The molecule has 3 amide bonds. The van der Waals surface area contributed by atoms with E-state index in [0.717, 1.165) is 38.3 Å². The van der Waals surface area contributed by atoms with Gasteiger partial charge in [-0.2, -0.15) is 18.3 Å². The smallest absolute Gasteiger partial charge is 0.339 e. The Hall–Kier alpha value is -3.91. The molecule has 0 saturated carbocycles. The van der Waals surface area contributed by atoms with Crippen LogP contribution in [0.2, 0.25) is 5.02 Å². The summed E-state index contributed by atoms with van der Waals surface area (Å²) < 4.78 is 41.1. The van der Waals surface area contributed by atoms with Crippen LogP contribution in [0, 0.1) is 5.92 Å². The van der Waals surface area contributed by atoms with Crippen molar-refractivity contribution in [3.05, 3.63) is 52.7 Å². The van der Waals surface area contributed by atoms with Gasteiger partial charge in [-0.25, -0.2) is 4.98 Å². The summed E-state index contributed by atoms with van der Waals surface area (Å²) in [5.74, 6) is -0.914. The third-order valence-electron chi connectivity index (χ3n) is 7.79. The van der Waals surface area contributed by atoms with E-state index >= 15 is 0 Å². The van der Waals surface area contributed by atoms with Crippen molar-refractivity contribution in [2.45, 2.75) is 19.0 Å². The van der Waals surface area contributed by atoms with Crippen molar-refractivity contribution in [1.29, 1.82) is 0 Å². The molecule has 5 rings (SSSR count). The number of aromatic amines is 1. The Morgan fingerprint density at radius 3 is 2.31 bits per heavy atom. The Morgan fingerprint density at radius 1 is 1.00 bits per heavy atom. The predicted molar refractivity (Wildman–Crippen MR) is 148 cm³/mol. The van der Waals surface area contributed by atoms with Crippen molar-refractivity contribution in [3.63, 3.8) is 0 Å². The number of nitrogens with one attached hydrogen (secondary N) is 2. The van der Waals surface area contributed by atoms with Gasteiger partial charge in [-0.3, -0.25) is 19.5 Å². The van der Waals surface area contributed by atoms with Gasteiger partial charge in [-0.15, -0.1) is 0 Å². The van der Waals surface area contributed by atoms with Gasteiger partial charge in [0.15, 0.2) is 5.82 Å². The lowest BCUT2D eigenvalue weighted by Crippen LogP contribution is -2.52.